The maximum Gasteiger partial charge on any atom is 0.307 e. The number of piperazine rings is 1. The molecule has 0 N–H and O–H groups in total. The lowest BCUT2D eigenvalue weighted by atomic mass is 10.0. The predicted octanol–water partition coefficient (Wildman–Crippen LogP) is 2.13. The summed E-state index contributed by atoms with van der Waals surface area (Å²) < 4.78 is 5.33. The first-order chi connectivity index (χ1) is 8.58. The van der Waals surface area contributed by atoms with Crippen molar-refractivity contribution in [1.82, 2.24) is 9.80 Å². The van der Waals surface area contributed by atoms with Crippen molar-refractivity contribution < 1.29 is 9.53 Å². The average Bonchev–Trinajstić information content (AvgIpc) is 2.23. The predicted molar refractivity (Wildman–Crippen MR) is 78.2 cm³/mol. The molecule has 1 aliphatic rings. The zero-order valence-electron chi connectivity index (χ0n) is 13.5. The molecular formula is C15H30N2O2. The quantitative estimate of drug-likeness (QED) is 0.736. The van der Waals surface area contributed by atoms with Crippen molar-refractivity contribution >= 4 is 5.97 Å². The van der Waals surface area contributed by atoms with Crippen LogP contribution in [0.25, 0.3) is 0 Å². The minimum absolute atomic E-state index is 0.0919. The fourth-order valence-electron chi connectivity index (χ4n) is 2.28. The molecule has 1 rings (SSSR count). The Morgan fingerprint density at radius 3 is 1.95 bits per heavy atom. The third-order valence-electron chi connectivity index (χ3n) is 3.37. The number of nitrogens with zero attached hydrogens (tertiary/aromatic N) is 2. The number of hydrogen-bond donors (Lipinski definition) is 0. The fourth-order valence-corrected chi connectivity index (χ4v) is 2.28. The number of carbonyl (C=O) groups excluding carboxylic acids is 1. The van der Waals surface area contributed by atoms with Crippen molar-refractivity contribution in [3.63, 3.8) is 0 Å². The molecule has 112 valence electrons. The molecule has 1 saturated heterocycles. The maximum atomic E-state index is 11.7. The first-order valence-corrected chi connectivity index (χ1v) is 7.27. The third kappa shape index (κ3) is 6.39. The van der Waals surface area contributed by atoms with Gasteiger partial charge in [0.2, 0.25) is 0 Å². The van der Waals surface area contributed by atoms with Crippen LogP contribution in [0.4, 0.5) is 0 Å². The van der Waals surface area contributed by atoms with E-state index in [1.807, 2.05) is 20.8 Å². The maximum absolute atomic E-state index is 11.7. The van der Waals surface area contributed by atoms with Crippen LogP contribution in [0.5, 0.6) is 0 Å². The summed E-state index contributed by atoms with van der Waals surface area (Å²) in [6.45, 7) is 17.5. The topological polar surface area (TPSA) is 32.8 Å². The summed E-state index contributed by atoms with van der Waals surface area (Å²) in [7, 11) is 0. The Morgan fingerprint density at radius 1 is 1.00 bits per heavy atom. The van der Waals surface area contributed by atoms with E-state index >= 15 is 0 Å². The van der Waals surface area contributed by atoms with Crippen LogP contribution in [-0.4, -0.2) is 59.6 Å². The SMILES string of the molecule is CC(C)(C)OC(=O)CCN1CCN(C(C)(C)C)CC1. The third-order valence-corrected chi connectivity index (χ3v) is 3.37. The molecule has 1 heterocycles. The fraction of sp³-hybridized carbons (Fsp3) is 0.933. The van der Waals surface area contributed by atoms with Gasteiger partial charge < -0.3 is 9.64 Å². The van der Waals surface area contributed by atoms with Crippen LogP contribution in [0.2, 0.25) is 0 Å². The Labute approximate surface area is 118 Å². The number of carbonyl (C=O) groups is 1. The van der Waals surface area contributed by atoms with E-state index in [2.05, 4.69) is 30.6 Å². The molecule has 1 fully saturated rings. The molecule has 0 saturated carbocycles. The lowest BCUT2D eigenvalue weighted by molar-refractivity contribution is -0.155. The van der Waals surface area contributed by atoms with E-state index in [0.717, 1.165) is 32.7 Å². The summed E-state index contributed by atoms with van der Waals surface area (Å²) in [4.78, 5) is 16.5. The van der Waals surface area contributed by atoms with Crippen LogP contribution in [0.3, 0.4) is 0 Å². The van der Waals surface area contributed by atoms with E-state index < -0.39 is 0 Å². The van der Waals surface area contributed by atoms with Crippen molar-refractivity contribution in [3.8, 4) is 0 Å². The normalized spacial score (nSPS) is 19.5. The van der Waals surface area contributed by atoms with Crippen molar-refractivity contribution in [2.75, 3.05) is 32.7 Å². The highest BCUT2D eigenvalue weighted by molar-refractivity contribution is 5.70. The van der Waals surface area contributed by atoms with Crippen LogP contribution in [0, 0.1) is 0 Å². The van der Waals surface area contributed by atoms with Crippen LogP contribution in [0.15, 0.2) is 0 Å². The highest BCUT2D eigenvalue weighted by Gasteiger charge is 2.26. The molecule has 4 nitrogen and oxygen atoms in total. The average molecular weight is 270 g/mol. The number of hydrogen-bond acceptors (Lipinski definition) is 4. The largest absolute Gasteiger partial charge is 0.460 e. The molecule has 0 atom stereocenters. The van der Waals surface area contributed by atoms with Gasteiger partial charge in [0.1, 0.15) is 5.60 Å². The van der Waals surface area contributed by atoms with Gasteiger partial charge >= 0.3 is 5.97 Å². The molecule has 0 bridgehead atoms. The van der Waals surface area contributed by atoms with Gasteiger partial charge in [0, 0.05) is 38.3 Å². The van der Waals surface area contributed by atoms with E-state index in [4.69, 9.17) is 4.74 Å². The Hall–Kier alpha value is -0.610. The van der Waals surface area contributed by atoms with E-state index in [0.29, 0.717) is 6.42 Å². The number of esters is 1. The second kappa shape index (κ2) is 6.23. The van der Waals surface area contributed by atoms with Crippen LogP contribution < -0.4 is 0 Å². The molecule has 0 aromatic carbocycles. The molecule has 0 radical (unpaired) electrons. The summed E-state index contributed by atoms with van der Waals surface area (Å²) in [6.07, 6.45) is 0.493. The summed E-state index contributed by atoms with van der Waals surface area (Å²) >= 11 is 0. The van der Waals surface area contributed by atoms with E-state index in [1.54, 1.807) is 0 Å². The van der Waals surface area contributed by atoms with E-state index in [1.165, 1.54) is 0 Å². The molecule has 0 unspecified atom stereocenters. The Kier molecular flexibility index (Phi) is 5.39. The van der Waals surface area contributed by atoms with Gasteiger partial charge in [-0.1, -0.05) is 0 Å². The molecular weight excluding hydrogens is 240 g/mol. The van der Waals surface area contributed by atoms with Crippen LogP contribution >= 0.6 is 0 Å². The van der Waals surface area contributed by atoms with Gasteiger partial charge in [-0.25, -0.2) is 0 Å². The molecule has 0 aliphatic carbocycles. The van der Waals surface area contributed by atoms with Gasteiger partial charge in [0.15, 0.2) is 0 Å². The van der Waals surface area contributed by atoms with Gasteiger partial charge in [-0.15, -0.1) is 0 Å². The van der Waals surface area contributed by atoms with Crippen LogP contribution in [0.1, 0.15) is 48.0 Å². The highest BCUT2D eigenvalue weighted by Crippen LogP contribution is 2.16. The van der Waals surface area contributed by atoms with E-state index in [9.17, 15) is 4.79 Å². The standard InChI is InChI=1S/C15H30N2O2/c1-14(2,3)17-11-9-16(10-12-17)8-7-13(18)19-15(4,5)6/h7-12H2,1-6H3. The minimum atomic E-state index is -0.373. The van der Waals surface area contributed by atoms with Crippen molar-refractivity contribution in [2.45, 2.75) is 59.1 Å². The highest BCUT2D eigenvalue weighted by atomic mass is 16.6. The zero-order valence-corrected chi connectivity index (χ0v) is 13.5. The summed E-state index contributed by atoms with van der Waals surface area (Å²) in [6, 6.07) is 0. The second-order valence-electron chi connectivity index (χ2n) is 7.34. The summed E-state index contributed by atoms with van der Waals surface area (Å²) in [5.74, 6) is -0.0919. The lowest BCUT2D eigenvalue weighted by Gasteiger charge is -2.42. The van der Waals surface area contributed by atoms with Gasteiger partial charge in [0.25, 0.3) is 0 Å². The zero-order chi connectivity index (χ0) is 14.7. The van der Waals surface area contributed by atoms with Gasteiger partial charge in [-0.2, -0.15) is 0 Å². The van der Waals surface area contributed by atoms with Gasteiger partial charge in [-0.05, 0) is 41.5 Å². The molecule has 0 amide bonds. The summed E-state index contributed by atoms with van der Waals surface area (Å²) in [5, 5.41) is 0. The summed E-state index contributed by atoms with van der Waals surface area (Å²) in [5.41, 5.74) is -0.126. The molecule has 0 aromatic rings. The minimum Gasteiger partial charge on any atom is -0.460 e. The Balaban J connectivity index is 2.25. The Morgan fingerprint density at radius 2 is 1.53 bits per heavy atom. The second-order valence-corrected chi connectivity index (χ2v) is 7.34. The first kappa shape index (κ1) is 16.4. The monoisotopic (exact) mass is 270 g/mol. The number of ether oxygens (including phenoxy) is 1. The molecule has 0 aromatic heterocycles. The van der Waals surface area contributed by atoms with Gasteiger partial charge in [0.05, 0.1) is 6.42 Å². The molecule has 1 aliphatic heterocycles. The van der Waals surface area contributed by atoms with Gasteiger partial charge in [-0.3, -0.25) is 9.69 Å². The molecule has 0 spiro atoms. The van der Waals surface area contributed by atoms with Crippen molar-refractivity contribution in [1.29, 1.82) is 0 Å². The first-order valence-electron chi connectivity index (χ1n) is 7.27. The molecule has 19 heavy (non-hydrogen) atoms. The molecule has 4 heteroatoms. The van der Waals surface area contributed by atoms with Crippen LogP contribution in [-0.2, 0) is 9.53 Å². The number of rotatable bonds is 3. The smallest absolute Gasteiger partial charge is 0.307 e. The lowest BCUT2D eigenvalue weighted by Crippen LogP contribution is -2.53. The van der Waals surface area contributed by atoms with Crippen molar-refractivity contribution in [3.05, 3.63) is 0 Å². The van der Waals surface area contributed by atoms with E-state index in [-0.39, 0.29) is 17.1 Å². The van der Waals surface area contributed by atoms with Crippen molar-refractivity contribution in [2.24, 2.45) is 0 Å². The Bertz CT molecular complexity index is 294.